The Labute approximate surface area is 131 Å². The summed E-state index contributed by atoms with van der Waals surface area (Å²) < 4.78 is 0. The van der Waals surface area contributed by atoms with Gasteiger partial charge in [0.15, 0.2) is 0 Å². The van der Waals surface area contributed by atoms with E-state index in [4.69, 9.17) is 0 Å². The number of amides is 1. The van der Waals surface area contributed by atoms with Gasteiger partial charge in [0.25, 0.3) is 0 Å². The molecular weight excluding hydrogens is 274 g/mol. The van der Waals surface area contributed by atoms with E-state index in [2.05, 4.69) is 27.8 Å². The molecular formula is C18H23N3O. The van der Waals surface area contributed by atoms with E-state index in [1.165, 1.54) is 0 Å². The molecule has 22 heavy (non-hydrogen) atoms. The Morgan fingerprint density at radius 1 is 1.36 bits per heavy atom. The van der Waals surface area contributed by atoms with E-state index in [0.717, 1.165) is 35.9 Å². The zero-order valence-electron chi connectivity index (χ0n) is 13.2. The summed E-state index contributed by atoms with van der Waals surface area (Å²) >= 11 is 0. The second-order valence-electron chi connectivity index (χ2n) is 6.55. The van der Waals surface area contributed by atoms with Crippen LogP contribution in [-0.4, -0.2) is 23.5 Å². The lowest BCUT2D eigenvalue weighted by atomic mass is 9.94. The van der Waals surface area contributed by atoms with Crippen LogP contribution in [0.4, 0.5) is 0 Å². The van der Waals surface area contributed by atoms with Gasteiger partial charge in [-0.05, 0) is 44.7 Å². The predicted molar refractivity (Wildman–Crippen MR) is 88.6 cm³/mol. The normalized spacial score (nSPS) is 18.5. The van der Waals surface area contributed by atoms with Crippen LogP contribution in [0.5, 0.6) is 0 Å². The van der Waals surface area contributed by atoms with Crippen molar-refractivity contribution in [1.29, 1.82) is 0 Å². The number of hydrogen-bond donors (Lipinski definition) is 2. The minimum atomic E-state index is -0.490. The number of rotatable bonds is 4. The van der Waals surface area contributed by atoms with Crippen LogP contribution >= 0.6 is 0 Å². The van der Waals surface area contributed by atoms with Crippen LogP contribution in [0.25, 0.3) is 10.8 Å². The van der Waals surface area contributed by atoms with Crippen LogP contribution in [0.2, 0.25) is 0 Å². The van der Waals surface area contributed by atoms with E-state index in [1.807, 2.05) is 38.2 Å². The Balaban J connectivity index is 1.80. The SMILES string of the molecule is CC(C)(NC(=O)CC1CCCN1)c1nccc2ccccc12. The van der Waals surface area contributed by atoms with E-state index in [0.29, 0.717) is 12.5 Å². The molecule has 2 aromatic rings. The van der Waals surface area contributed by atoms with Gasteiger partial charge in [-0.3, -0.25) is 9.78 Å². The Morgan fingerprint density at radius 2 is 2.18 bits per heavy atom. The first kappa shape index (κ1) is 15.0. The standard InChI is InChI=1S/C18H23N3O/c1-18(2,21-16(22)12-14-7-5-10-19-14)17-15-8-4-3-6-13(15)9-11-20-17/h3-4,6,8-9,11,14,19H,5,7,10,12H2,1-2H3,(H,21,22). The smallest absolute Gasteiger partial charge is 0.222 e. The highest BCUT2D eigenvalue weighted by molar-refractivity contribution is 5.86. The number of fused-ring (bicyclic) bond motifs is 1. The van der Waals surface area contributed by atoms with Crippen molar-refractivity contribution < 1.29 is 4.79 Å². The average Bonchev–Trinajstić information content (AvgIpc) is 2.98. The molecule has 0 radical (unpaired) electrons. The van der Waals surface area contributed by atoms with Crippen molar-refractivity contribution in [3.8, 4) is 0 Å². The molecule has 1 saturated heterocycles. The maximum absolute atomic E-state index is 12.3. The second kappa shape index (κ2) is 6.05. The molecule has 1 unspecified atom stereocenters. The highest BCUT2D eigenvalue weighted by Crippen LogP contribution is 2.26. The topological polar surface area (TPSA) is 54.0 Å². The number of pyridine rings is 1. The summed E-state index contributed by atoms with van der Waals surface area (Å²) in [6.45, 7) is 5.05. The maximum Gasteiger partial charge on any atom is 0.222 e. The molecule has 1 aromatic carbocycles. The van der Waals surface area contributed by atoms with Gasteiger partial charge in [-0.15, -0.1) is 0 Å². The summed E-state index contributed by atoms with van der Waals surface area (Å²) in [6.07, 6.45) is 4.59. The first-order chi connectivity index (χ1) is 10.6. The van der Waals surface area contributed by atoms with Gasteiger partial charge >= 0.3 is 0 Å². The molecule has 3 rings (SSSR count). The Kier molecular flexibility index (Phi) is 4.12. The molecule has 0 saturated carbocycles. The monoisotopic (exact) mass is 297 g/mol. The lowest BCUT2D eigenvalue weighted by Gasteiger charge is -2.27. The van der Waals surface area contributed by atoms with E-state index < -0.39 is 5.54 Å². The number of carbonyl (C=O) groups excluding carboxylic acids is 1. The second-order valence-corrected chi connectivity index (χ2v) is 6.55. The van der Waals surface area contributed by atoms with Gasteiger partial charge in [0.2, 0.25) is 5.91 Å². The molecule has 1 amide bonds. The van der Waals surface area contributed by atoms with Crippen LogP contribution in [-0.2, 0) is 10.3 Å². The average molecular weight is 297 g/mol. The molecule has 116 valence electrons. The number of nitrogens with zero attached hydrogens (tertiary/aromatic N) is 1. The van der Waals surface area contributed by atoms with E-state index >= 15 is 0 Å². The third-order valence-electron chi connectivity index (χ3n) is 4.31. The first-order valence-corrected chi connectivity index (χ1v) is 7.95. The molecule has 1 aromatic heterocycles. The molecule has 4 nitrogen and oxygen atoms in total. The van der Waals surface area contributed by atoms with E-state index in [-0.39, 0.29) is 5.91 Å². The molecule has 4 heteroatoms. The fraction of sp³-hybridized carbons (Fsp3) is 0.444. The van der Waals surface area contributed by atoms with Crippen molar-refractivity contribution in [2.75, 3.05) is 6.54 Å². The van der Waals surface area contributed by atoms with Crippen LogP contribution in [0, 0.1) is 0 Å². The van der Waals surface area contributed by atoms with Crippen molar-refractivity contribution in [3.05, 3.63) is 42.2 Å². The van der Waals surface area contributed by atoms with Crippen molar-refractivity contribution >= 4 is 16.7 Å². The van der Waals surface area contributed by atoms with Gasteiger partial charge in [-0.2, -0.15) is 0 Å². The molecule has 1 fully saturated rings. The van der Waals surface area contributed by atoms with Gasteiger partial charge < -0.3 is 10.6 Å². The predicted octanol–water partition coefficient (Wildman–Crippen LogP) is 2.73. The molecule has 1 aliphatic heterocycles. The van der Waals surface area contributed by atoms with E-state index in [9.17, 15) is 4.79 Å². The number of aromatic nitrogens is 1. The minimum Gasteiger partial charge on any atom is -0.346 e. The van der Waals surface area contributed by atoms with E-state index in [1.54, 1.807) is 0 Å². The molecule has 2 N–H and O–H groups in total. The van der Waals surface area contributed by atoms with Crippen molar-refractivity contribution in [2.24, 2.45) is 0 Å². The third kappa shape index (κ3) is 3.12. The Hall–Kier alpha value is -1.94. The Bertz CT molecular complexity index is 670. The molecule has 0 aliphatic carbocycles. The fourth-order valence-corrected chi connectivity index (χ4v) is 3.23. The van der Waals surface area contributed by atoms with Crippen molar-refractivity contribution in [3.63, 3.8) is 0 Å². The zero-order chi connectivity index (χ0) is 15.6. The summed E-state index contributed by atoms with van der Waals surface area (Å²) in [5, 5.41) is 8.75. The molecule has 0 spiro atoms. The lowest BCUT2D eigenvalue weighted by Crippen LogP contribution is -2.43. The van der Waals surface area contributed by atoms with Gasteiger partial charge in [-0.1, -0.05) is 24.3 Å². The highest BCUT2D eigenvalue weighted by Gasteiger charge is 2.27. The maximum atomic E-state index is 12.3. The van der Waals surface area contributed by atoms with Gasteiger partial charge in [0.05, 0.1) is 11.2 Å². The summed E-state index contributed by atoms with van der Waals surface area (Å²) in [6, 6.07) is 10.5. The quantitative estimate of drug-likeness (QED) is 0.912. The Morgan fingerprint density at radius 3 is 2.95 bits per heavy atom. The number of carbonyl (C=O) groups is 1. The van der Waals surface area contributed by atoms with Crippen LogP contribution in [0.15, 0.2) is 36.5 Å². The molecule has 0 bridgehead atoms. The lowest BCUT2D eigenvalue weighted by molar-refractivity contribution is -0.123. The first-order valence-electron chi connectivity index (χ1n) is 7.95. The minimum absolute atomic E-state index is 0.0825. The summed E-state index contributed by atoms with van der Waals surface area (Å²) in [4.78, 5) is 16.9. The molecule has 1 atom stereocenters. The van der Waals surface area contributed by atoms with Gasteiger partial charge in [-0.25, -0.2) is 0 Å². The zero-order valence-corrected chi connectivity index (χ0v) is 13.2. The number of benzene rings is 1. The molecule has 2 heterocycles. The van der Waals surface area contributed by atoms with Gasteiger partial charge in [0, 0.05) is 24.0 Å². The largest absolute Gasteiger partial charge is 0.346 e. The highest BCUT2D eigenvalue weighted by atomic mass is 16.1. The van der Waals surface area contributed by atoms with Crippen LogP contribution in [0.1, 0.15) is 38.8 Å². The van der Waals surface area contributed by atoms with Crippen LogP contribution in [0.3, 0.4) is 0 Å². The number of hydrogen-bond acceptors (Lipinski definition) is 3. The summed E-state index contributed by atoms with van der Waals surface area (Å²) in [7, 11) is 0. The fourth-order valence-electron chi connectivity index (χ4n) is 3.23. The van der Waals surface area contributed by atoms with Gasteiger partial charge in [0.1, 0.15) is 0 Å². The number of nitrogens with one attached hydrogen (secondary N) is 2. The summed E-state index contributed by atoms with van der Waals surface area (Å²) in [5.41, 5.74) is 0.426. The van der Waals surface area contributed by atoms with Crippen molar-refractivity contribution in [2.45, 2.75) is 44.7 Å². The molecule has 1 aliphatic rings. The van der Waals surface area contributed by atoms with Crippen LogP contribution < -0.4 is 10.6 Å². The van der Waals surface area contributed by atoms with Crippen molar-refractivity contribution in [1.82, 2.24) is 15.6 Å². The summed E-state index contributed by atoms with van der Waals surface area (Å²) in [5.74, 6) is 0.0825. The third-order valence-corrected chi connectivity index (χ3v) is 4.31.